The summed E-state index contributed by atoms with van der Waals surface area (Å²) in [7, 11) is -1.16. The highest BCUT2D eigenvalue weighted by Gasteiger charge is 2.27. The Bertz CT molecular complexity index is 1000. The van der Waals surface area contributed by atoms with E-state index in [4.69, 9.17) is 14.5 Å². The van der Waals surface area contributed by atoms with Crippen LogP contribution in [0.4, 0.5) is 0 Å². The van der Waals surface area contributed by atoms with Crippen LogP contribution in [0, 0.1) is 5.41 Å². The third-order valence-electron chi connectivity index (χ3n) is 5.56. The summed E-state index contributed by atoms with van der Waals surface area (Å²) in [5.41, 5.74) is 3.49. The van der Waals surface area contributed by atoms with Gasteiger partial charge >= 0.3 is 0 Å². The van der Waals surface area contributed by atoms with Gasteiger partial charge in [0.25, 0.3) is 0 Å². The molecule has 1 heterocycles. The Morgan fingerprint density at radius 2 is 1.69 bits per heavy atom. The maximum Gasteiger partial charge on any atom is 0.137 e. The van der Waals surface area contributed by atoms with Gasteiger partial charge in [-0.05, 0) is 23.1 Å². The Balaban J connectivity index is 1.86. The summed E-state index contributed by atoms with van der Waals surface area (Å²) in [5, 5.41) is 11.0. The molecule has 1 atom stereocenters. The summed E-state index contributed by atoms with van der Waals surface area (Å²) < 4.78 is 14.2. The molecular weight excluding hydrogens is 416 g/mol. The van der Waals surface area contributed by atoms with Crippen molar-refractivity contribution < 1.29 is 14.6 Å². The highest BCUT2D eigenvalue weighted by Crippen LogP contribution is 2.36. The quantitative estimate of drug-likeness (QED) is 0.295. The van der Waals surface area contributed by atoms with Crippen LogP contribution < -0.4 is 0 Å². The fourth-order valence-corrected chi connectivity index (χ4v) is 4.28. The predicted octanol–water partition coefficient (Wildman–Crippen LogP) is 6.14. The van der Waals surface area contributed by atoms with Crippen molar-refractivity contribution in [2.45, 2.75) is 72.5 Å². The average molecular weight is 455 g/mol. The lowest BCUT2D eigenvalue weighted by molar-refractivity contribution is 0.0637. The smallest absolute Gasteiger partial charge is 0.137 e. The van der Waals surface area contributed by atoms with E-state index in [0.29, 0.717) is 19.9 Å². The van der Waals surface area contributed by atoms with Gasteiger partial charge in [-0.15, -0.1) is 0 Å². The molecule has 0 bridgehead atoms. The third-order valence-corrected chi connectivity index (χ3v) is 7.27. The molecule has 32 heavy (non-hydrogen) atoms. The van der Waals surface area contributed by atoms with Gasteiger partial charge in [-0.2, -0.15) is 0 Å². The molecule has 3 rings (SSSR count). The summed E-state index contributed by atoms with van der Waals surface area (Å²) in [6, 6.07) is 17.3. The molecule has 0 aliphatic carbocycles. The van der Waals surface area contributed by atoms with Crippen LogP contribution in [0.5, 0.6) is 0 Å². The summed E-state index contributed by atoms with van der Waals surface area (Å²) in [5.74, 6) is 0.817. The van der Waals surface area contributed by atoms with Crippen molar-refractivity contribution in [3.05, 3.63) is 65.5 Å². The summed E-state index contributed by atoms with van der Waals surface area (Å²) >= 11 is 0. The van der Waals surface area contributed by atoms with E-state index in [2.05, 4.69) is 36.3 Å². The van der Waals surface area contributed by atoms with Crippen molar-refractivity contribution in [2.24, 2.45) is 5.41 Å². The number of nitrogens with zero attached hydrogens (tertiary/aromatic N) is 2. The molecule has 0 saturated carbocycles. The van der Waals surface area contributed by atoms with Crippen LogP contribution in [0.2, 0.25) is 25.7 Å². The minimum absolute atomic E-state index is 0.282. The fraction of sp³-hybridized carbons (Fsp3) is 0.500. The first-order valence-corrected chi connectivity index (χ1v) is 15.1. The van der Waals surface area contributed by atoms with E-state index in [1.54, 1.807) is 0 Å². The van der Waals surface area contributed by atoms with Crippen molar-refractivity contribution in [2.75, 3.05) is 6.61 Å². The largest absolute Gasteiger partial charge is 0.388 e. The van der Waals surface area contributed by atoms with E-state index in [1.165, 1.54) is 0 Å². The zero-order valence-corrected chi connectivity index (χ0v) is 21.4. The number of para-hydroxylation sites is 1. The van der Waals surface area contributed by atoms with E-state index in [1.807, 2.05) is 57.2 Å². The Kier molecular flexibility index (Phi) is 7.93. The van der Waals surface area contributed by atoms with Crippen LogP contribution >= 0.6 is 0 Å². The van der Waals surface area contributed by atoms with Gasteiger partial charge in [0.1, 0.15) is 19.2 Å². The van der Waals surface area contributed by atoms with Gasteiger partial charge in [-0.25, -0.2) is 4.98 Å². The maximum absolute atomic E-state index is 11.0. The number of aliphatic hydroxyl groups excluding tert-OH is 1. The van der Waals surface area contributed by atoms with Gasteiger partial charge < -0.3 is 19.1 Å². The molecule has 0 spiro atoms. The number of hydrogen-bond acceptors (Lipinski definition) is 4. The van der Waals surface area contributed by atoms with Crippen LogP contribution in [-0.2, 0) is 29.4 Å². The number of aliphatic hydroxyl groups is 1. The van der Waals surface area contributed by atoms with Crippen molar-refractivity contribution in [3.8, 4) is 0 Å². The Hall–Kier alpha value is -1.99. The van der Waals surface area contributed by atoms with E-state index >= 15 is 0 Å². The monoisotopic (exact) mass is 454 g/mol. The first-order valence-electron chi connectivity index (χ1n) is 11.4. The molecule has 6 heteroatoms. The number of ether oxygens (including phenoxy) is 2. The van der Waals surface area contributed by atoms with Crippen LogP contribution in [0.25, 0.3) is 11.0 Å². The lowest BCUT2D eigenvalue weighted by Gasteiger charge is -2.26. The standard InChI is InChI=1S/C26H38N2O3Si/c1-26(2,3)25(29)21-13-10-14-22-24(21)27-23(18-31-17-20-11-8-7-9-12-20)28(22)19-30-15-16-32(4,5)6/h7-14,25,29H,15-19H2,1-6H3. The average Bonchev–Trinajstić information content (AvgIpc) is 3.07. The van der Waals surface area contributed by atoms with E-state index in [9.17, 15) is 5.11 Å². The number of fused-ring (bicyclic) bond motifs is 1. The molecule has 2 aromatic carbocycles. The molecule has 1 N–H and O–H groups in total. The summed E-state index contributed by atoms with van der Waals surface area (Å²) in [6.07, 6.45) is -0.611. The second kappa shape index (κ2) is 10.3. The highest BCUT2D eigenvalue weighted by molar-refractivity contribution is 6.76. The third kappa shape index (κ3) is 6.51. The van der Waals surface area contributed by atoms with Crippen molar-refractivity contribution in [1.82, 2.24) is 9.55 Å². The zero-order chi connectivity index (χ0) is 23.4. The second-order valence-corrected chi connectivity index (χ2v) is 16.4. The predicted molar refractivity (Wildman–Crippen MR) is 133 cm³/mol. The molecule has 3 aromatic rings. The first kappa shape index (κ1) is 24.6. The van der Waals surface area contributed by atoms with E-state index in [-0.39, 0.29) is 5.41 Å². The summed E-state index contributed by atoms with van der Waals surface area (Å²) in [4.78, 5) is 4.91. The minimum Gasteiger partial charge on any atom is -0.388 e. The fourth-order valence-electron chi connectivity index (χ4n) is 3.53. The summed E-state index contributed by atoms with van der Waals surface area (Å²) in [6.45, 7) is 15.3. The topological polar surface area (TPSA) is 56.5 Å². The first-order chi connectivity index (χ1) is 15.1. The normalized spacial score (nSPS) is 13.6. The number of imidazole rings is 1. The molecule has 1 aromatic heterocycles. The van der Waals surface area contributed by atoms with Crippen LogP contribution in [0.15, 0.2) is 48.5 Å². The number of benzene rings is 2. The molecule has 0 aliphatic heterocycles. The number of rotatable bonds is 10. The number of aromatic nitrogens is 2. The SMILES string of the molecule is CC(C)(C)C(O)c1cccc2c1nc(COCc1ccccc1)n2COCC[Si](C)(C)C. The molecular formula is C26H38N2O3Si. The molecule has 0 amide bonds. The Labute approximate surface area is 193 Å². The van der Waals surface area contributed by atoms with Crippen LogP contribution in [0.3, 0.4) is 0 Å². The highest BCUT2D eigenvalue weighted by atomic mass is 28.3. The lowest BCUT2D eigenvalue weighted by atomic mass is 9.84. The zero-order valence-electron chi connectivity index (χ0n) is 20.4. The molecule has 0 fully saturated rings. The second-order valence-electron chi connectivity index (χ2n) is 10.8. The van der Waals surface area contributed by atoms with Gasteiger partial charge in [0.2, 0.25) is 0 Å². The van der Waals surface area contributed by atoms with E-state index in [0.717, 1.165) is 40.6 Å². The van der Waals surface area contributed by atoms with Crippen molar-refractivity contribution in [1.29, 1.82) is 0 Å². The van der Waals surface area contributed by atoms with Gasteiger partial charge in [0, 0.05) is 20.2 Å². The van der Waals surface area contributed by atoms with Gasteiger partial charge in [-0.1, -0.05) is 82.9 Å². The molecule has 5 nitrogen and oxygen atoms in total. The molecule has 174 valence electrons. The Morgan fingerprint density at radius 3 is 2.34 bits per heavy atom. The lowest BCUT2D eigenvalue weighted by Crippen LogP contribution is -2.22. The van der Waals surface area contributed by atoms with Crippen LogP contribution in [0.1, 0.15) is 43.8 Å². The maximum atomic E-state index is 11.0. The molecule has 0 saturated heterocycles. The van der Waals surface area contributed by atoms with Gasteiger partial charge in [0.15, 0.2) is 0 Å². The molecule has 0 aliphatic rings. The van der Waals surface area contributed by atoms with Crippen molar-refractivity contribution in [3.63, 3.8) is 0 Å². The van der Waals surface area contributed by atoms with Gasteiger partial charge in [0.05, 0.1) is 23.7 Å². The van der Waals surface area contributed by atoms with E-state index < -0.39 is 14.2 Å². The van der Waals surface area contributed by atoms with Gasteiger partial charge in [-0.3, -0.25) is 0 Å². The molecule has 1 unspecified atom stereocenters. The van der Waals surface area contributed by atoms with Crippen molar-refractivity contribution >= 4 is 19.1 Å². The molecule has 0 radical (unpaired) electrons. The van der Waals surface area contributed by atoms with Crippen LogP contribution in [-0.4, -0.2) is 29.3 Å². The Morgan fingerprint density at radius 1 is 0.969 bits per heavy atom. The number of hydrogen-bond donors (Lipinski definition) is 1. The minimum atomic E-state index is -1.16.